The van der Waals surface area contributed by atoms with E-state index in [0.717, 1.165) is 12.8 Å². The van der Waals surface area contributed by atoms with E-state index in [9.17, 15) is 0 Å². The highest BCUT2D eigenvalue weighted by Crippen LogP contribution is 2.03. The molecule has 0 aromatic rings. The lowest BCUT2D eigenvalue weighted by Gasteiger charge is -2.07. The third-order valence-corrected chi connectivity index (χ3v) is 1.24. The summed E-state index contributed by atoms with van der Waals surface area (Å²) in [6.07, 6.45) is 3.48. The smallest absolute Gasteiger partial charge is 0.0933 e. The van der Waals surface area contributed by atoms with Gasteiger partial charge in [0.05, 0.1) is 13.2 Å². The molecular formula is C7H16O3. The number of hydrogen-bond acceptors (Lipinski definition) is 3. The maximum Gasteiger partial charge on any atom is 0.0933 e. The molecule has 0 aliphatic carbocycles. The van der Waals surface area contributed by atoms with Crippen LogP contribution in [0, 0.1) is 0 Å². The molecular weight excluding hydrogens is 132 g/mol. The topological polar surface area (TPSA) is 27.7 Å². The summed E-state index contributed by atoms with van der Waals surface area (Å²) >= 11 is 0. The Morgan fingerprint density at radius 1 is 1.40 bits per heavy atom. The zero-order chi connectivity index (χ0) is 7.82. The Bertz CT molecular complexity index is 57.9. The first-order valence-electron chi connectivity index (χ1n) is 3.67. The average Bonchev–Trinajstić information content (AvgIpc) is 1.97. The molecule has 0 radical (unpaired) electrons. The van der Waals surface area contributed by atoms with Gasteiger partial charge in [0, 0.05) is 0 Å². The molecule has 0 spiro atoms. The second-order valence-electron chi connectivity index (χ2n) is 2.28. The second-order valence-corrected chi connectivity index (χ2v) is 2.28. The highest BCUT2D eigenvalue weighted by atomic mass is 17.5. The molecule has 0 aliphatic heterocycles. The van der Waals surface area contributed by atoms with Crippen molar-refractivity contribution in [1.82, 2.24) is 0 Å². The first-order chi connectivity index (χ1) is 4.81. The van der Waals surface area contributed by atoms with E-state index in [4.69, 9.17) is 4.89 Å². The summed E-state index contributed by atoms with van der Waals surface area (Å²) in [4.78, 5) is 9.04. The summed E-state index contributed by atoms with van der Waals surface area (Å²) in [6.45, 7) is 4.10. The zero-order valence-corrected chi connectivity index (χ0v) is 6.92. The lowest BCUT2D eigenvalue weighted by Crippen LogP contribution is -2.07. The molecule has 0 heterocycles. The standard InChI is InChI=1S/C7H16O3/c1-4-5-6-7(2)9-10-8-3/h7H,4-6H2,1-3H3. The van der Waals surface area contributed by atoms with Gasteiger partial charge in [0.15, 0.2) is 0 Å². The van der Waals surface area contributed by atoms with Crippen molar-refractivity contribution >= 4 is 0 Å². The molecule has 10 heavy (non-hydrogen) atoms. The first-order valence-corrected chi connectivity index (χ1v) is 3.67. The van der Waals surface area contributed by atoms with Crippen molar-refractivity contribution in [3.05, 3.63) is 0 Å². The van der Waals surface area contributed by atoms with Gasteiger partial charge in [-0.05, 0) is 13.3 Å². The van der Waals surface area contributed by atoms with Crippen molar-refractivity contribution in [2.24, 2.45) is 0 Å². The molecule has 0 aromatic heterocycles. The van der Waals surface area contributed by atoms with E-state index in [1.54, 1.807) is 0 Å². The van der Waals surface area contributed by atoms with Crippen molar-refractivity contribution in [2.45, 2.75) is 39.2 Å². The SMILES string of the molecule is CCCCC(C)OOOC. The van der Waals surface area contributed by atoms with Crippen LogP contribution in [0.5, 0.6) is 0 Å². The fourth-order valence-electron chi connectivity index (χ4n) is 0.646. The van der Waals surface area contributed by atoms with Crippen LogP contribution < -0.4 is 0 Å². The van der Waals surface area contributed by atoms with Crippen LogP contribution in [0.15, 0.2) is 0 Å². The molecule has 0 fully saturated rings. The summed E-state index contributed by atoms with van der Waals surface area (Å²) in [5, 5.41) is 4.29. The first kappa shape index (κ1) is 9.88. The van der Waals surface area contributed by atoms with Gasteiger partial charge >= 0.3 is 0 Å². The highest BCUT2D eigenvalue weighted by molar-refractivity contribution is 4.45. The monoisotopic (exact) mass is 148 g/mol. The summed E-state index contributed by atoms with van der Waals surface area (Å²) in [5.74, 6) is 0. The van der Waals surface area contributed by atoms with Crippen LogP contribution in [0.25, 0.3) is 0 Å². The third kappa shape index (κ3) is 6.01. The van der Waals surface area contributed by atoms with Crippen LogP contribution in [0.4, 0.5) is 0 Å². The Hall–Kier alpha value is -0.120. The molecule has 62 valence electrons. The van der Waals surface area contributed by atoms with Crippen LogP contribution in [0.3, 0.4) is 0 Å². The van der Waals surface area contributed by atoms with Gasteiger partial charge in [-0.2, -0.15) is 0 Å². The molecule has 1 unspecified atom stereocenters. The van der Waals surface area contributed by atoms with Gasteiger partial charge in [0.2, 0.25) is 0 Å². The second kappa shape index (κ2) is 6.99. The fraction of sp³-hybridized carbons (Fsp3) is 1.00. The van der Waals surface area contributed by atoms with E-state index in [-0.39, 0.29) is 6.10 Å². The lowest BCUT2D eigenvalue weighted by atomic mass is 10.2. The minimum absolute atomic E-state index is 0.125. The summed E-state index contributed by atoms with van der Waals surface area (Å²) in [5.41, 5.74) is 0. The van der Waals surface area contributed by atoms with E-state index in [1.165, 1.54) is 13.5 Å². The lowest BCUT2D eigenvalue weighted by molar-refractivity contribution is -0.515. The summed E-state index contributed by atoms with van der Waals surface area (Å²) in [6, 6.07) is 0. The predicted octanol–water partition coefficient (Wildman–Crippen LogP) is 2.07. The van der Waals surface area contributed by atoms with E-state index in [2.05, 4.69) is 16.8 Å². The number of rotatable bonds is 6. The molecule has 0 amide bonds. The van der Waals surface area contributed by atoms with Gasteiger partial charge in [-0.3, -0.25) is 0 Å². The molecule has 0 saturated carbocycles. The molecule has 1 atom stereocenters. The van der Waals surface area contributed by atoms with Crippen LogP contribution in [-0.2, 0) is 14.8 Å². The minimum Gasteiger partial charge on any atom is -0.210 e. The van der Waals surface area contributed by atoms with Crippen molar-refractivity contribution in [1.29, 1.82) is 0 Å². The molecule has 3 nitrogen and oxygen atoms in total. The highest BCUT2D eigenvalue weighted by Gasteiger charge is 2.00. The number of unbranched alkanes of at least 4 members (excludes halogenated alkanes) is 1. The average molecular weight is 148 g/mol. The van der Waals surface area contributed by atoms with Crippen LogP contribution in [0.1, 0.15) is 33.1 Å². The maximum absolute atomic E-state index is 4.77. The quantitative estimate of drug-likeness (QED) is 0.426. The number of hydrogen-bond donors (Lipinski definition) is 0. The molecule has 0 rings (SSSR count). The third-order valence-electron chi connectivity index (χ3n) is 1.24. The summed E-state index contributed by atoms with van der Waals surface area (Å²) in [7, 11) is 1.42. The molecule has 0 N–H and O–H groups in total. The van der Waals surface area contributed by atoms with Gasteiger partial charge in [-0.25, -0.2) is 9.78 Å². The molecule has 0 aromatic carbocycles. The van der Waals surface area contributed by atoms with E-state index in [0.29, 0.717) is 0 Å². The van der Waals surface area contributed by atoms with Crippen molar-refractivity contribution in [3.8, 4) is 0 Å². The van der Waals surface area contributed by atoms with Gasteiger partial charge in [0.1, 0.15) is 0 Å². The fourth-order valence-corrected chi connectivity index (χ4v) is 0.646. The Kier molecular flexibility index (Phi) is 6.91. The van der Waals surface area contributed by atoms with Gasteiger partial charge in [0.25, 0.3) is 0 Å². The van der Waals surface area contributed by atoms with Gasteiger partial charge < -0.3 is 0 Å². The Balaban J connectivity index is 3.00. The molecule has 0 aliphatic rings. The Labute approximate surface area is 62.1 Å². The van der Waals surface area contributed by atoms with Crippen LogP contribution >= 0.6 is 0 Å². The maximum atomic E-state index is 4.77. The zero-order valence-electron chi connectivity index (χ0n) is 6.92. The van der Waals surface area contributed by atoms with Gasteiger partial charge in [-0.15, -0.1) is 0 Å². The van der Waals surface area contributed by atoms with E-state index < -0.39 is 0 Å². The summed E-state index contributed by atoms with van der Waals surface area (Å²) < 4.78 is 0. The Morgan fingerprint density at radius 3 is 2.60 bits per heavy atom. The normalized spacial score (nSPS) is 13.5. The largest absolute Gasteiger partial charge is 0.210 e. The molecule has 0 saturated heterocycles. The van der Waals surface area contributed by atoms with Crippen molar-refractivity contribution < 1.29 is 14.8 Å². The Morgan fingerprint density at radius 2 is 2.10 bits per heavy atom. The van der Waals surface area contributed by atoms with Crippen LogP contribution in [-0.4, -0.2) is 13.2 Å². The predicted molar refractivity (Wildman–Crippen MR) is 38.2 cm³/mol. The van der Waals surface area contributed by atoms with Gasteiger partial charge in [-0.1, -0.05) is 24.8 Å². The van der Waals surface area contributed by atoms with E-state index in [1.807, 2.05) is 6.92 Å². The molecule has 3 heteroatoms. The van der Waals surface area contributed by atoms with E-state index >= 15 is 0 Å². The van der Waals surface area contributed by atoms with Crippen LogP contribution in [0.2, 0.25) is 0 Å². The van der Waals surface area contributed by atoms with Crippen molar-refractivity contribution in [2.75, 3.05) is 7.11 Å². The minimum atomic E-state index is 0.125. The van der Waals surface area contributed by atoms with Crippen molar-refractivity contribution in [3.63, 3.8) is 0 Å². The molecule has 0 bridgehead atoms.